The number of rotatable bonds is 7. The average molecular weight is 482 g/mol. The number of carbonyl (C=O) groups is 2. The summed E-state index contributed by atoms with van der Waals surface area (Å²) in [6, 6.07) is 10.0. The molecule has 3 amide bonds. The number of aromatic nitrogens is 1. The minimum atomic E-state index is -0.825. The van der Waals surface area contributed by atoms with Crippen molar-refractivity contribution in [1.29, 1.82) is 0 Å². The largest absolute Gasteiger partial charge is 0.493 e. The molecular weight excluding hydrogens is 461 g/mol. The molecule has 0 fully saturated rings. The van der Waals surface area contributed by atoms with Crippen molar-refractivity contribution in [3.8, 4) is 23.0 Å². The van der Waals surface area contributed by atoms with E-state index in [1.165, 1.54) is 37.7 Å². The third kappa shape index (κ3) is 5.24. The number of anilines is 1. The van der Waals surface area contributed by atoms with Crippen LogP contribution in [-0.4, -0.2) is 31.1 Å². The van der Waals surface area contributed by atoms with Crippen LogP contribution >= 0.6 is 11.3 Å². The second-order valence-corrected chi connectivity index (χ2v) is 7.87. The fourth-order valence-electron chi connectivity index (χ4n) is 3.23. The summed E-state index contributed by atoms with van der Waals surface area (Å²) in [5.74, 6) is 0.442. The number of ether oxygens (including phenoxy) is 3. The van der Waals surface area contributed by atoms with Gasteiger partial charge in [-0.2, -0.15) is 11.3 Å². The van der Waals surface area contributed by atoms with Crippen molar-refractivity contribution in [3.05, 3.63) is 70.8 Å². The van der Waals surface area contributed by atoms with Gasteiger partial charge >= 0.3 is 6.03 Å². The molecule has 0 spiro atoms. The van der Waals surface area contributed by atoms with Crippen LogP contribution in [-0.2, 0) is 11.2 Å². The van der Waals surface area contributed by atoms with Crippen LogP contribution in [0, 0.1) is 5.82 Å². The van der Waals surface area contributed by atoms with Gasteiger partial charge in [-0.05, 0) is 46.7 Å². The molecule has 10 heteroatoms. The fourth-order valence-corrected chi connectivity index (χ4v) is 3.90. The average Bonchev–Trinajstić information content (AvgIpc) is 3.33. The summed E-state index contributed by atoms with van der Waals surface area (Å²) in [6.45, 7) is 0. The Hall–Kier alpha value is -4.18. The first-order chi connectivity index (χ1) is 16.5. The van der Waals surface area contributed by atoms with Crippen LogP contribution in [0.1, 0.15) is 5.56 Å². The SMILES string of the molecule is COc1cc2nccc(Oc3ccc(NC(=O)NC(=O)Cc4ccsc4)c(F)c3)c2cc1OC. The molecule has 8 nitrogen and oxygen atoms in total. The second kappa shape index (κ2) is 10.2. The van der Waals surface area contributed by atoms with Gasteiger partial charge in [-0.3, -0.25) is 15.1 Å². The molecule has 34 heavy (non-hydrogen) atoms. The number of halogens is 1. The highest BCUT2D eigenvalue weighted by molar-refractivity contribution is 7.08. The van der Waals surface area contributed by atoms with Crippen LogP contribution in [0.15, 0.2) is 59.4 Å². The summed E-state index contributed by atoms with van der Waals surface area (Å²) in [5.41, 5.74) is 1.31. The molecule has 0 aliphatic carbocycles. The van der Waals surface area contributed by atoms with Crippen LogP contribution in [0.2, 0.25) is 0 Å². The van der Waals surface area contributed by atoms with E-state index in [1.54, 1.807) is 30.5 Å². The Labute approximate surface area is 198 Å². The fraction of sp³-hybridized carbons (Fsp3) is 0.125. The number of nitrogens with zero attached hydrogens (tertiary/aromatic N) is 1. The normalized spacial score (nSPS) is 10.6. The summed E-state index contributed by atoms with van der Waals surface area (Å²) in [4.78, 5) is 28.3. The van der Waals surface area contributed by atoms with Crippen molar-refractivity contribution in [2.45, 2.75) is 6.42 Å². The van der Waals surface area contributed by atoms with Gasteiger partial charge < -0.3 is 19.5 Å². The van der Waals surface area contributed by atoms with Gasteiger partial charge in [0.25, 0.3) is 0 Å². The summed E-state index contributed by atoms with van der Waals surface area (Å²) in [6.07, 6.45) is 1.62. The van der Waals surface area contributed by atoms with Crippen molar-refractivity contribution in [1.82, 2.24) is 10.3 Å². The zero-order chi connectivity index (χ0) is 24.1. The Kier molecular flexibility index (Phi) is 6.88. The van der Waals surface area contributed by atoms with Gasteiger partial charge in [-0.25, -0.2) is 9.18 Å². The number of benzene rings is 2. The molecule has 0 saturated carbocycles. The van der Waals surface area contributed by atoms with Crippen molar-refractivity contribution >= 4 is 39.9 Å². The minimum absolute atomic E-state index is 0.0583. The van der Waals surface area contributed by atoms with Gasteiger partial charge in [0.2, 0.25) is 5.91 Å². The third-order valence-corrected chi connectivity index (χ3v) is 5.55. The number of hydrogen-bond acceptors (Lipinski definition) is 7. The minimum Gasteiger partial charge on any atom is -0.493 e. The Morgan fingerprint density at radius 1 is 1.03 bits per heavy atom. The molecule has 2 aromatic carbocycles. The molecule has 0 aliphatic rings. The number of methoxy groups -OCH3 is 2. The first kappa shape index (κ1) is 23.0. The van der Waals surface area contributed by atoms with Crippen LogP contribution in [0.5, 0.6) is 23.0 Å². The number of urea groups is 1. The maximum Gasteiger partial charge on any atom is 0.325 e. The first-order valence-electron chi connectivity index (χ1n) is 10.1. The van der Waals surface area contributed by atoms with Gasteiger partial charge in [-0.1, -0.05) is 0 Å². The Morgan fingerprint density at radius 3 is 2.53 bits per heavy atom. The standard InChI is InChI=1S/C24H20FN3O5S/c1-31-21-11-16-19(12-22(21)32-2)26-7-5-20(16)33-15-3-4-18(17(25)10-15)27-24(30)28-23(29)9-14-6-8-34-13-14/h3-8,10-13H,9H2,1-2H3,(H2,27,28,29,30). The van der Waals surface area contributed by atoms with E-state index in [1.807, 2.05) is 10.8 Å². The number of imide groups is 1. The lowest BCUT2D eigenvalue weighted by atomic mass is 10.2. The van der Waals surface area contributed by atoms with Gasteiger partial charge in [0.1, 0.15) is 17.3 Å². The van der Waals surface area contributed by atoms with E-state index in [-0.39, 0.29) is 17.9 Å². The van der Waals surface area contributed by atoms with Crippen LogP contribution in [0.4, 0.5) is 14.9 Å². The third-order valence-electron chi connectivity index (χ3n) is 4.82. The van der Waals surface area contributed by atoms with E-state index < -0.39 is 17.8 Å². The quantitative estimate of drug-likeness (QED) is 0.379. The van der Waals surface area contributed by atoms with Crippen molar-refractivity contribution in [3.63, 3.8) is 0 Å². The second-order valence-electron chi connectivity index (χ2n) is 7.09. The van der Waals surface area contributed by atoms with Crippen molar-refractivity contribution in [2.24, 2.45) is 0 Å². The van der Waals surface area contributed by atoms with Gasteiger partial charge in [0.15, 0.2) is 11.5 Å². The number of nitrogens with one attached hydrogen (secondary N) is 2. The zero-order valence-corrected chi connectivity index (χ0v) is 19.1. The Bertz CT molecular complexity index is 1340. The highest BCUT2D eigenvalue weighted by atomic mass is 32.1. The number of amides is 3. The number of fused-ring (bicyclic) bond motifs is 1. The summed E-state index contributed by atoms with van der Waals surface area (Å²) < 4.78 is 31.1. The monoisotopic (exact) mass is 481 g/mol. The molecule has 2 aromatic heterocycles. The maximum atomic E-state index is 14.6. The summed E-state index contributed by atoms with van der Waals surface area (Å²) in [7, 11) is 3.05. The zero-order valence-electron chi connectivity index (χ0n) is 18.3. The molecule has 2 N–H and O–H groups in total. The lowest BCUT2D eigenvalue weighted by molar-refractivity contribution is -0.119. The molecule has 0 aliphatic heterocycles. The van der Waals surface area contributed by atoms with Gasteiger partial charge in [0.05, 0.1) is 31.8 Å². The van der Waals surface area contributed by atoms with Crippen LogP contribution in [0.3, 0.4) is 0 Å². The van der Waals surface area contributed by atoms with E-state index in [0.717, 1.165) is 11.6 Å². The van der Waals surface area contributed by atoms with E-state index in [2.05, 4.69) is 15.6 Å². The van der Waals surface area contributed by atoms with E-state index >= 15 is 0 Å². The Balaban J connectivity index is 1.46. The van der Waals surface area contributed by atoms with E-state index in [9.17, 15) is 14.0 Å². The lowest BCUT2D eigenvalue weighted by Gasteiger charge is -2.13. The smallest absolute Gasteiger partial charge is 0.325 e. The lowest BCUT2D eigenvalue weighted by Crippen LogP contribution is -2.35. The highest BCUT2D eigenvalue weighted by Crippen LogP contribution is 2.37. The number of thiophene rings is 1. The molecular formula is C24H20FN3O5S. The summed E-state index contributed by atoms with van der Waals surface area (Å²) in [5, 5.41) is 8.80. The van der Waals surface area contributed by atoms with E-state index in [4.69, 9.17) is 14.2 Å². The molecule has 0 unspecified atom stereocenters. The van der Waals surface area contributed by atoms with Crippen LogP contribution in [0.25, 0.3) is 10.9 Å². The molecule has 2 heterocycles. The molecule has 0 bridgehead atoms. The van der Waals surface area contributed by atoms with E-state index in [0.29, 0.717) is 28.2 Å². The first-order valence-corrected chi connectivity index (χ1v) is 11.0. The summed E-state index contributed by atoms with van der Waals surface area (Å²) >= 11 is 1.45. The molecule has 4 rings (SSSR count). The molecule has 4 aromatic rings. The predicted molar refractivity (Wildman–Crippen MR) is 127 cm³/mol. The Morgan fingerprint density at radius 2 is 1.82 bits per heavy atom. The van der Waals surface area contributed by atoms with Crippen molar-refractivity contribution in [2.75, 3.05) is 19.5 Å². The number of hydrogen-bond donors (Lipinski definition) is 2. The predicted octanol–water partition coefficient (Wildman–Crippen LogP) is 5.14. The maximum absolute atomic E-state index is 14.6. The molecule has 0 radical (unpaired) electrons. The van der Waals surface area contributed by atoms with Gasteiger partial charge in [-0.15, -0.1) is 0 Å². The topological polar surface area (TPSA) is 98.8 Å². The molecule has 0 saturated heterocycles. The molecule has 0 atom stereocenters. The number of carbonyl (C=O) groups excluding carboxylic acids is 2. The van der Waals surface area contributed by atoms with Crippen LogP contribution < -0.4 is 24.8 Å². The molecule has 174 valence electrons. The number of pyridine rings is 1. The van der Waals surface area contributed by atoms with Gasteiger partial charge in [0, 0.05) is 23.7 Å². The highest BCUT2D eigenvalue weighted by Gasteiger charge is 2.14. The van der Waals surface area contributed by atoms with Crippen molar-refractivity contribution < 1.29 is 28.2 Å².